The summed E-state index contributed by atoms with van der Waals surface area (Å²) in [6.45, 7) is 5.86. The highest BCUT2D eigenvalue weighted by Gasteiger charge is 2.46. The molecule has 4 heteroatoms. The van der Waals surface area contributed by atoms with Crippen LogP contribution in [0.1, 0.15) is 42.9 Å². The summed E-state index contributed by atoms with van der Waals surface area (Å²) in [5.41, 5.74) is 5.89. The van der Waals surface area contributed by atoms with Crippen LogP contribution >= 0.6 is 0 Å². The Bertz CT molecular complexity index is 465. The van der Waals surface area contributed by atoms with Crippen molar-refractivity contribution in [2.24, 2.45) is 5.84 Å². The van der Waals surface area contributed by atoms with Gasteiger partial charge in [0.25, 0.3) is 0 Å². The van der Waals surface area contributed by atoms with Crippen molar-refractivity contribution in [2.45, 2.75) is 44.2 Å². The maximum Gasteiger partial charge on any atom is 0.0644 e. The van der Waals surface area contributed by atoms with Crippen LogP contribution in [0.3, 0.4) is 0 Å². The largest absolute Gasteiger partial charge is 0.379 e. The van der Waals surface area contributed by atoms with Gasteiger partial charge in [0.2, 0.25) is 0 Å². The van der Waals surface area contributed by atoms with E-state index in [0.717, 1.165) is 26.3 Å². The maximum atomic E-state index is 6.02. The number of hydrazine groups is 1. The molecule has 3 rings (SSSR count). The van der Waals surface area contributed by atoms with E-state index in [1.54, 1.807) is 0 Å². The summed E-state index contributed by atoms with van der Waals surface area (Å²) in [6, 6.07) is 8.95. The number of benzene rings is 1. The Balaban J connectivity index is 1.93. The fourth-order valence-electron chi connectivity index (χ4n) is 4.19. The van der Waals surface area contributed by atoms with Crippen molar-refractivity contribution in [1.29, 1.82) is 0 Å². The third-order valence-electron chi connectivity index (χ3n) is 5.19. The zero-order valence-electron chi connectivity index (χ0n) is 13.0. The zero-order valence-corrected chi connectivity index (χ0v) is 13.0. The van der Waals surface area contributed by atoms with Crippen LogP contribution in [-0.4, -0.2) is 36.7 Å². The summed E-state index contributed by atoms with van der Waals surface area (Å²) in [4.78, 5) is 2.62. The lowest BCUT2D eigenvalue weighted by molar-refractivity contribution is -0.0364. The minimum Gasteiger partial charge on any atom is -0.379 e. The summed E-state index contributed by atoms with van der Waals surface area (Å²) in [7, 11) is 0. The quantitative estimate of drug-likeness (QED) is 0.659. The number of hydrogen-bond donors (Lipinski definition) is 2. The normalized spacial score (nSPS) is 24.1. The van der Waals surface area contributed by atoms with Crippen molar-refractivity contribution in [3.8, 4) is 0 Å². The first-order chi connectivity index (χ1) is 10.3. The van der Waals surface area contributed by atoms with E-state index in [1.807, 2.05) is 0 Å². The van der Waals surface area contributed by atoms with E-state index in [1.165, 1.54) is 36.8 Å². The lowest BCUT2D eigenvalue weighted by atomic mass is 9.81. The molecule has 4 nitrogen and oxygen atoms in total. The van der Waals surface area contributed by atoms with Crippen LogP contribution in [0.25, 0.3) is 0 Å². The Morgan fingerprint density at radius 3 is 2.57 bits per heavy atom. The average Bonchev–Trinajstić information content (AvgIpc) is 3.00. The number of nitrogens with zero attached hydrogens (tertiary/aromatic N) is 1. The highest BCUT2D eigenvalue weighted by Crippen LogP contribution is 2.44. The molecule has 2 aliphatic rings. The minimum absolute atomic E-state index is 0.145. The standard InChI is InChI=1S/C17H27N3O/c1-14-5-4-6-15(13-14)16(19-18)17(7-2-3-8-17)20-9-11-21-12-10-20/h4-6,13,16,19H,2-3,7-12,18H2,1H3. The number of rotatable bonds is 4. The van der Waals surface area contributed by atoms with E-state index in [2.05, 4.69) is 41.5 Å². The van der Waals surface area contributed by atoms with E-state index in [-0.39, 0.29) is 11.6 Å². The van der Waals surface area contributed by atoms with Crippen LogP contribution in [0, 0.1) is 6.92 Å². The molecular weight excluding hydrogens is 262 g/mol. The molecule has 0 radical (unpaired) electrons. The smallest absolute Gasteiger partial charge is 0.0644 e. The van der Waals surface area contributed by atoms with E-state index >= 15 is 0 Å². The SMILES string of the molecule is Cc1cccc(C(NN)C2(N3CCOCC3)CCCC2)c1. The van der Waals surface area contributed by atoms with Crippen molar-refractivity contribution >= 4 is 0 Å². The number of nitrogens with two attached hydrogens (primary N) is 1. The van der Waals surface area contributed by atoms with Crippen molar-refractivity contribution in [3.05, 3.63) is 35.4 Å². The molecule has 0 aromatic heterocycles. The Kier molecular flexibility index (Phi) is 4.60. The van der Waals surface area contributed by atoms with Gasteiger partial charge >= 0.3 is 0 Å². The second kappa shape index (κ2) is 6.44. The number of ether oxygens (including phenoxy) is 1. The van der Waals surface area contributed by atoms with Gasteiger partial charge in [0.1, 0.15) is 0 Å². The molecular formula is C17H27N3O. The van der Waals surface area contributed by atoms with Gasteiger partial charge in [-0.1, -0.05) is 42.7 Å². The molecule has 21 heavy (non-hydrogen) atoms. The number of aryl methyl sites for hydroxylation is 1. The highest BCUT2D eigenvalue weighted by atomic mass is 16.5. The summed E-state index contributed by atoms with van der Waals surface area (Å²) in [6.07, 6.45) is 5.02. The number of morpholine rings is 1. The average molecular weight is 289 g/mol. The first kappa shape index (κ1) is 15.0. The predicted molar refractivity (Wildman–Crippen MR) is 84.8 cm³/mol. The van der Waals surface area contributed by atoms with E-state index < -0.39 is 0 Å². The van der Waals surface area contributed by atoms with Crippen molar-refractivity contribution in [3.63, 3.8) is 0 Å². The number of nitrogens with one attached hydrogen (secondary N) is 1. The van der Waals surface area contributed by atoms with Crippen molar-refractivity contribution < 1.29 is 4.74 Å². The van der Waals surface area contributed by atoms with Crippen LogP contribution in [-0.2, 0) is 4.74 Å². The monoisotopic (exact) mass is 289 g/mol. The van der Waals surface area contributed by atoms with Crippen LogP contribution < -0.4 is 11.3 Å². The molecule has 116 valence electrons. The Morgan fingerprint density at radius 2 is 1.95 bits per heavy atom. The van der Waals surface area contributed by atoms with E-state index in [9.17, 15) is 0 Å². The van der Waals surface area contributed by atoms with Gasteiger partial charge < -0.3 is 4.74 Å². The molecule has 0 amide bonds. The molecule has 0 bridgehead atoms. The fraction of sp³-hybridized carbons (Fsp3) is 0.647. The molecule has 1 aromatic carbocycles. The topological polar surface area (TPSA) is 50.5 Å². The molecule has 1 aromatic rings. The summed E-state index contributed by atoms with van der Waals surface area (Å²) in [5, 5.41) is 0. The van der Waals surface area contributed by atoms with Gasteiger partial charge in [-0.15, -0.1) is 0 Å². The van der Waals surface area contributed by atoms with Gasteiger partial charge in [0.05, 0.1) is 19.3 Å². The van der Waals surface area contributed by atoms with Gasteiger partial charge in [0, 0.05) is 18.6 Å². The van der Waals surface area contributed by atoms with Crippen LogP contribution in [0.5, 0.6) is 0 Å². The third-order valence-corrected chi connectivity index (χ3v) is 5.19. The Labute approximate surface area is 127 Å². The molecule has 1 aliphatic heterocycles. The van der Waals surface area contributed by atoms with Crippen molar-refractivity contribution in [2.75, 3.05) is 26.3 Å². The zero-order chi connectivity index (χ0) is 14.7. The minimum atomic E-state index is 0.145. The fourth-order valence-corrected chi connectivity index (χ4v) is 4.19. The van der Waals surface area contributed by atoms with Crippen LogP contribution in [0.2, 0.25) is 0 Å². The Morgan fingerprint density at radius 1 is 1.24 bits per heavy atom. The van der Waals surface area contributed by atoms with Gasteiger partial charge in [0.15, 0.2) is 0 Å². The molecule has 1 saturated carbocycles. The molecule has 2 fully saturated rings. The molecule has 1 aliphatic carbocycles. The Hall–Kier alpha value is -0.940. The van der Waals surface area contributed by atoms with E-state index in [0.29, 0.717) is 0 Å². The first-order valence-corrected chi connectivity index (χ1v) is 8.12. The molecule has 0 spiro atoms. The van der Waals surface area contributed by atoms with Crippen LogP contribution in [0.4, 0.5) is 0 Å². The van der Waals surface area contributed by atoms with Crippen molar-refractivity contribution in [1.82, 2.24) is 10.3 Å². The van der Waals surface area contributed by atoms with Gasteiger partial charge in [-0.2, -0.15) is 0 Å². The lowest BCUT2D eigenvalue weighted by Crippen LogP contribution is -2.59. The van der Waals surface area contributed by atoms with Gasteiger partial charge in [-0.3, -0.25) is 16.2 Å². The summed E-state index contributed by atoms with van der Waals surface area (Å²) < 4.78 is 5.55. The third kappa shape index (κ3) is 2.86. The van der Waals surface area contributed by atoms with Gasteiger partial charge in [-0.25, -0.2) is 0 Å². The highest BCUT2D eigenvalue weighted by molar-refractivity contribution is 5.28. The molecule has 1 heterocycles. The summed E-state index contributed by atoms with van der Waals surface area (Å²) >= 11 is 0. The molecule has 3 N–H and O–H groups in total. The lowest BCUT2D eigenvalue weighted by Gasteiger charge is -2.48. The predicted octanol–water partition coefficient (Wildman–Crippen LogP) is 2.14. The maximum absolute atomic E-state index is 6.02. The molecule has 1 atom stereocenters. The van der Waals surface area contributed by atoms with E-state index in [4.69, 9.17) is 10.6 Å². The second-order valence-corrected chi connectivity index (χ2v) is 6.42. The van der Waals surface area contributed by atoms with Gasteiger partial charge in [-0.05, 0) is 25.3 Å². The number of hydrogen-bond acceptors (Lipinski definition) is 4. The second-order valence-electron chi connectivity index (χ2n) is 6.42. The first-order valence-electron chi connectivity index (χ1n) is 8.12. The summed E-state index contributed by atoms with van der Waals surface area (Å²) in [5.74, 6) is 6.02. The molecule has 1 unspecified atom stereocenters. The molecule has 1 saturated heterocycles. The van der Waals surface area contributed by atoms with Crippen LogP contribution in [0.15, 0.2) is 24.3 Å².